The summed E-state index contributed by atoms with van der Waals surface area (Å²) in [6.45, 7) is 0. The summed E-state index contributed by atoms with van der Waals surface area (Å²) >= 11 is 5.85. The Morgan fingerprint density at radius 3 is 3.12 bits per heavy atom. The first-order valence-electron chi connectivity index (χ1n) is 5.17. The maximum absolute atomic E-state index is 11.7. The number of nitrogens with one attached hydrogen (secondary N) is 1. The van der Waals surface area contributed by atoms with Gasteiger partial charge in [-0.25, -0.2) is 0 Å². The van der Waals surface area contributed by atoms with Gasteiger partial charge in [-0.15, -0.1) is 0 Å². The molecule has 1 unspecified atom stereocenters. The number of carbonyl (C=O) groups excluding carboxylic acids is 1. The maximum Gasteiger partial charge on any atom is 0.227 e. The predicted octanol–water partition coefficient (Wildman–Crippen LogP) is 2.75. The zero-order valence-electron chi connectivity index (χ0n) is 8.66. The molecule has 82 valence electrons. The Kier molecular flexibility index (Phi) is 3.12. The van der Waals surface area contributed by atoms with Crippen LogP contribution in [-0.4, -0.2) is 5.91 Å². The molecule has 0 radical (unpaired) electrons. The fourth-order valence-electron chi connectivity index (χ4n) is 1.91. The largest absolute Gasteiger partial charge is 0.326 e. The summed E-state index contributed by atoms with van der Waals surface area (Å²) < 4.78 is 0. The summed E-state index contributed by atoms with van der Waals surface area (Å²) in [5.41, 5.74) is 1.89. The molecule has 1 aliphatic rings. The van der Waals surface area contributed by atoms with Gasteiger partial charge in [-0.3, -0.25) is 4.79 Å². The predicted molar refractivity (Wildman–Crippen MR) is 62.1 cm³/mol. The monoisotopic (exact) mass is 234 g/mol. The van der Waals surface area contributed by atoms with Crippen molar-refractivity contribution in [1.29, 1.82) is 5.26 Å². The summed E-state index contributed by atoms with van der Waals surface area (Å²) in [4.78, 5) is 11.7. The molecule has 0 aliphatic carbocycles. The first-order chi connectivity index (χ1) is 7.70. The molecule has 0 spiro atoms. The van der Waals surface area contributed by atoms with Gasteiger partial charge in [0.1, 0.15) is 0 Å². The fraction of sp³-hybridized carbons (Fsp3) is 0.333. The molecule has 1 heterocycles. The summed E-state index contributed by atoms with van der Waals surface area (Å²) in [5, 5.41) is 12.0. The van der Waals surface area contributed by atoms with E-state index in [0.717, 1.165) is 11.3 Å². The van der Waals surface area contributed by atoms with Crippen molar-refractivity contribution in [2.24, 2.45) is 5.92 Å². The van der Waals surface area contributed by atoms with Gasteiger partial charge >= 0.3 is 0 Å². The van der Waals surface area contributed by atoms with Gasteiger partial charge in [0.2, 0.25) is 5.91 Å². The van der Waals surface area contributed by atoms with Crippen LogP contribution in [0.15, 0.2) is 18.2 Å². The lowest BCUT2D eigenvalue weighted by atomic mass is 9.90. The van der Waals surface area contributed by atoms with E-state index in [9.17, 15) is 4.79 Å². The smallest absolute Gasteiger partial charge is 0.227 e. The van der Waals surface area contributed by atoms with Crippen LogP contribution in [0.5, 0.6) is 0 Å². The highest BCUT2D eigenvalue weighted by Gasteiger charge is 2.25. The molecule has 1 aliphatic heterocycles. The van der Waals surface area contributed by atoms with Gasteiger partial charge in [0.05, 0.1) is 6.07 Å². The lowest BCUT2D eigenvalue weighted by molar-refractivity contribution is -0.120. The number of halogens is 1. The second-order valence-electron chi connectivity index (χ2n) is 3.89. The molecule has 1 amide bonds. The Morgan fingerprint density at radius 2 is 2.38 bits per heavy atom. The highest BCUT2D eigenvalue weighted by Crippen LogP contribution is 2.29. The molecule has 1 aromatic carbocycles. The van der Waals surface area contributed by atoms with E-state index in [1.54, 1.807) is 6.07 Å². The lowest BCUT2D eigenvalue weighted by Gasteiger charge is -2.24. The molecule has 16 heavy (non-hydrogen) atoms. The van der Waals surface area contributed by atoms with Crippen molar-refractivity contribution in [3.8, 4) is 6.07 Å². The Bertz CT molecular complexity index is 465. The highest BCUT2D eigenvalue weighted by atomic mass is 35.5. The van der Waals surface area contributed by atoms with Crippen LogP contribution >= 0.6 is 11.6 Å². The minimum atomic E-state index is -0.0895. The first kappa shape index (κ1) is 11.0. The van der Waals surface area contributed by atoms with Gasteiger partial charge in [0.15, 0.2) is 0 Å². The second kappa shape index (κ2) is 4.54. The Labute approximate surface area is 99.0 Å². The molecule has 4 heteroatoms. The number of hydrogen-bond acceptors (Lipinski definition) is 2. The number of rotatable bonds is 2. The third-order valence-electron chi connectivity index (χ3n) is 2.77. The molecule has 2 rings (SSSR count). The van der Waals surface area contributed by atoms with Crippen LogP contribution in [0.25, 0.3) is 0 Å². The highest BCUT2D eigenvalue weighted by molar-refractivity contribution is 6.31. The van der Waals surface area contributed by atoms with Crippen LogP contribution in [0.4, 0.5) is 5.69 Å². The second-order valence-corrected chi connectivity index (χ2v) is 4.32. The van der Waals surface area contributed by atoms with Crippen LogP contribution in [-0.2, 0) is 11.2 Å². The molecule has 0 saturated heterocycles. The number of hydrogen-bond donors (Lipinski definition) is 1. The average Bonchev–Trinajstić information content (AvgIpc) is 2.26. The van der Waals surface area contributed by atoms with E-state index in [4.69, 9.17) is 16.9 Å². The molecule has 0 fully saturated rings. The van der Waals surface area contributed by atoms with Crippen LogP contribution < -0.4 is 5.32 Å². The number of nitriles is 1. The lowest BCUT2D eigenvalue weighted by Crippen LogP contribution is -2.29. The Hall–Kier alpha value is -1.53. The van der Waals surface area contributed by atoms with Gasteiger partial charge in [-0.2, -0.15) is 5.26 Å². The fourth-order valence-corrected chi connectivity index (χ4v) is 2.08. The maximum atomic E-state index is 11.7. The average molecular weight is 235 g/mol. The molecule has 3 nitrogen and oxygen atoms in total. The van der Waals surface area contributed by atoms with Crippen molar-refractivity contribution >= 4 is 23.2 Å². The molecular weight excluding hydrogens is 224 g/mol. The SMILES string of the molecule is N#CCCC1Cc2ccc(Cl)cc2NC1=O. The van der Waals surface area contributed by atoms with Crippen LogP contribution in [0.3, 0.4) is 0 Å². The number of fused-ring (bicyclic) bond motifs is 1. The van der Waals surface area contributed by atoms with E-state index >= 15 is 0 Å². The Morgan fingerprint density at radius 1 is 1.56 bits per heavy atom. The third kappa shape index (κ3) is 2.17. The van der Waals surface area contributed by atoms with Crippen molar-refractivity contribution in [2.45, 2.75) is 19.3 Å². The molecular formula is C12H11ClN2O. The quantitative estimate of drug-likeness (QED) is 0.856. The molecule has 1 N–H and O–H groups in total. The minimum absolute atomic E-state index is 0.00924. The molecule has 0 bridgehead atoms. The van der Waals surface area contributed by atoms with Crippen molar-refractivity contribution in [1.82, 2.24) is 0 Å². The molecule has 0 aromatic heterocycles. The third-order valence-corrected chi connectivity index (χ3v) is 3.01. The van der Waals surface area contributed by atoms with E-state index in [2.05, 4.69) is 11.4 Å². The molecule has 0 saturated carbocycles. The summed E-state index contributed by atoms with van der Waals surface area (Å²) in [6, 6.07) is 7.57. The van der Waals surface area contributed by atoms with Crippen molar-refractivity contribution in [3.63, 3.8) is 0 Å². The number of amides is 1. The van der Waals surface area contributed by atoms with E-state index in [-0.39, 0.29) is 11.8 Å². The van der Waals surface area contributed by atoms with Gasteiger partial charge < -0.3 is 5.32 Å². The normalized spacial score (nSPS) is 18.5. The van der Waals surface area contributed by atoms with Gasteiger partial charge in [-0.05, 0) is 30.5 Å². The van der Waals surface area contributed by atoms with Crippen LogP contribution in [0.1, 0.15) is 18.4 Å². The summed E-state index contributed by atoms with van der Waals surface area (Å²) in [5.74, 6) is -0.0988. The summed E-state index contributed by atoms with van der Waals surface area (Å²) in [6.07, 6.45) is 1.73. The van der Waals surface area contributed by atoms with Crippen molar-refractivity contribution < 1.29 is 4.79 Å². The molecule has 1 aromatic rings. The number of anilines is 1. The van der Waals surface area contributed by atoms with E-state index < -0.39 is 0 Å². The van der Waals surface area contributed by atoms with Crippen molar-refractivity contribution in [3.05, 3.63) is 28.8 Å². The zero-order valence-corrected chi connectivity index (χ0v) is 9.42. The topological polar surface area (TPSA) is 52.9 Å². The van der Waals surface area contributed by atoms with Crippen molar-refractivity contribution in [2.75, 3.05) is 5.32 Å². The number of benzene rings is 1. The van der Waals surface area contributed by atoms with Gasteiger partial charge in [0.25, 0.3) is 0 Å². The number of nitrogens with zero attached hydrogens (tertiary/aromatic N) is 1. The van der Waals surface area contributed by atoms with E-state index in [0.29, 0.717) is 24.3 Å². The van der Waals surface area contributed by atoms with Crippen LogP contribution in [0, 0.1) is 17.2 Å². The van der Waals surface area contributed by atoms with E-state index in [1.807, 2.05) is 12.1 Å². The first-order valence-corrected chi connectivity index (χ1v) is 5.54. The zero-order chi connectivity index (χ0) is 11.5. The number of carbonyl (C=O) groups is 1. The standard InChI is InChI=1S/C12H11ClN2O/c13-10-4-3-8-6-9(2-1-5-14)12(16)15-11(8)7-10/h3-4,7,9H,1-2,6H2,(H,15,16). The Balaban J connectivity index is 2.19. The van der Waals surface area contributed by atoms with E-state index in [1.165, 1.54) is 0 Å². The molecule has 1 atom stereocenters. The van der Waals surface area contributed by atoms with Crippen LogP contribution in [0.2, 0.25) is 5.02 Å². The van der Waals surface area contributed by atoms with Gasteiger partial charge in [-0.1, -0.05) is 17.7 Å². The van der Waals surface area contributed by atoms with Gasteiger partial charge in [0, 0.05) is 23.0 Å². The summed E-state index contributed by atoms with van der Waals surface area (Å²) in [7, 11) is 0. The minimum Gasteiger partial charge on any atom is -0.326 e.